The van der Waals surface area contributed by atoms with Crippen molar-refractivity contribution in [2.24, 2.45) is 0 Å². The van der Waals surface area contributed by atoms with Crippen molar-refractivity contribution in [1.29, 1.82) is 0 Å². The Kier molecular flexibility index (Phi) is 8.19. The monoisotopic (exact) mass is 738 g/mol. The fraction of sp³-hybridized carbons (Fsp3) is 0. The van der Waals surface area contributed by atoms with Crippen LogP contribution in [0.1, 0.15) is 0 Å². The summed E-state index contributed by atoms with van der Waals surface area (Å²) in [6, 6.07) is 83.6. The first kappa shape index (κ1) is 33.6. The van der Waals surface area contributed by atoms with Crippen LogP contribution in [0.15, 0.2) is 231 Å². The van der Waals surface area contributed by atoms with Crippen molar-refractivity contribution in [1.82, 2.24) is 4.57 Å². The molecule has 58 heavy (non-hydrogen) atoms. The van der Waals surface area contributed by atoms with E-state index in [4.69, 9.17) is 0 Å². The van der Waals surface area contributed by atoms with Crippen molar-refractivity contribution in [3.63, 3.8) is 0 Å². The lowest BCUT2D eigenvalue weighted by molar-refractivity contribution is 1.18. The summed E-state index contributed by atoms with van der Waals surface area (Å²) in [7, 11) is 0. The van der Waals surface area contributed by atoms with E-state index < -0.39 is 0 Å². The van der Waals surface area contributed by atoms with E-state index in [0.717, 1.165) is 22.7 Å². The zero-order valence-corrected chi connectivity index (χ0v) is 31.8. The van der Waals surface area contributed by atoms with Crippen LogP contribution >= 0.6 is 0 Å². The molecule has 272 valence electrons. The fourth-order valence-corrected chi connectivity index (χ4v) is 8.86. The summed E-state index contributed by atoms with van der Waals surface area (Å²) >= 11 is 0. The Labute approximate surface area is 338 Å². The molecule has 0 unspecified atom stereocenters. The van der Waals surface area contributed by atoms with Gasteiger partial charge in [0.1, 0.15) is 0 Å². The van der Waals surface area contributed by atoms with Gasteiger partial charge in [0.2, 0.25) is 0 Å². The lowest BCUT2D eigenvalue weighted by atomic mass is 9.97. The number of hydrogen-bond donors (Lipinski definition) is 0. The molecule has 0 atom stereocenters. The Balaban J connectivity index is 1.07. The first-order chi connectivity index (χ1) is 28.8. The van der Waals surface area contributed by atoms with Gasteiger partial charge in [0.25, 0.3) is 0 Å². The van der Waals surface area contributed by atoms with E-state index in [1.807, 2.05) is 0 Å². The zero-order valence-electron chi connectivity index (χ0n) is 31.8. The van der Waals surface area contributed by atoms with Gasteiger partial charge in [-0.15, -0.1) is 0 Å². The van der Waals surface area contributed by atoms with Crippen LogP contribution in [0.5, 0.6) is 0 Å². The van der Waals surface area contributed by atoms with E-state index >= 15 is 0 Å². The third-order valence-corrected chi connectivity index (χ3v) is 11.6. The van der Waals surface area contributed by atoms with Gasteiger partial charge in [-0.2, -0.15) is 0 Å². The molecule has 0 radical (unpaired) electrons. The highest BCUT2D eigenvalue weighted by Gasteiger charge is 2.20. The van der Waals surface area contributed by atoms with Crippen molar-refractivity contribution < 1.29 is 0 Å². The van der Waals surface area contributed by atoms with Crippen LogP contribution in [0.25, 0.3) is 82.4 Å². The Morgan fingerprint density at radius 1 is 0.310 bits per heavy atom. The number of anilines is 3. The van der Waals surface area contributed by atoms with E-state index in [1.165, 1.54) is 76.7 Å². The molecule has 0 aliphatic carbocycles. The van der Waals surface area contributed by atoms with Crippen LogP contribution in [0, 0.1) is 0 Å². The summed E-state index contributed by atoms with van der Waals surface area (Å²) in [5.74, 6) is 0. The first-order valence-corrected chi connectivity index (χ1v) is 19.9. The maximum absolute atomic E-state index is 2.43. The lowest BCUT2D eigenvalue weighted by Gasteiger charge is -2.28. The quantitative estimate of drug-likeness (QED) is 0.148. The normalized spacial score (nSPS) is 11.4. The molecule has 0 saturated carbocycles. The Morgan fingerprint density at radius 2 is 0.862 bits per heavy atom. The molecule has 0 spiro atoms. The maximum atomic E-state index is 2.43. The Morgan fingerprint density at radius 3 is 1.64 bits per heavy atom. The minimum atomic E-state index is 1.10. The number of fused-ring (bicyclic) bond motifs is 6. The predicted molar refractivity (Wildman–Crippen MR) is 247 cm³/mol. The van der Waals surface area contributed by atoms with Crippen molar-refractivity contribution in [2.45, 2.75) is 0 Å². The summed E-state index contributed by atoms with van der Waals surface area (Å²) in [6.07, 6.45) is 0. The largest absolute Gasteiger partial charge is 0.310 e. The van der Waals surface area contributed by atoms with E-state index in [2.05, 4.69) is 240 Å². The van der Waals surface area contributed by atoms with Gasteiger partial charge >= 0.3 is 0 Å². The summed E-state index contributed by atoms with van der Waals surface area (Å²) in [6.45, 7) is 0. The number of benzene rings is 10. The summed E-state index contributed by atoms with van der Waals surface area (Å²) in [5, 5.41) is 7.43. The number of hydrogen-bond acceptors (Lipinski definition) is 1. The van der Waals surface area contributed by atoms with Crippen molar-refractivity contribution in [2.75, 3.05) is 4.90 Å². The molecule has 0 saturated heterocycles. The van der Waals surface area contributed by atoms with Gasteiger partial charge in [0.15, 0.2) is 0 Å². The van der Waals surface area contributed by atoms with Gasteiger partial charge in [-0.05, 0) is 104 Å². The minimum Gasteiger partial charge on any atom is -0.310 e. The number of nitrogens with zero attached hydrogens (tertiary/aromatic N) is 2. The molecule has 10 aromatic carbocycles. The summed E-state index contributed by atoms with van der Waals surface area (Å²) in [4.78, 5) is 2.43. The summed E-state index contributed by atoms with van der Waals surface area (Å²) in [5.41, 5.74) is 14.1. The van der Waals surface area contributed by atoms with Crippen LogP contribution in [0.3, 0.4) is 0 Å². The van der Waals surface area contributed by atoms with Gasteiger partial charge in [-0.3, -0.25) is 0 Å². The van der Waals surface area contributed by atoms with Crippen molar-refractivity contribution in [3.05, 3.63) is 231 Å². The zero-order chi connectivity index (χ0) is 38.4. The number of rotatable bonds is 7. The maximum Gasteiger partial charge on any atom is 0.0547 e. The highest BCUT2D eigenvalue weighted by atomic mass is 15.1. The second kappa shape index (κ2) is 14.1. The number of para-hydroxylation sites is 2. The van der Waals surface area contributed by atoms with Gasteiger partial charge in [-0.25, -0.2) is 0 Å². The standard InChI is InChI=1S/C56H38N2/c1-3-15-39(16-4-1)40-29-31-41(32-30-40)43-18-13-21-47(37-43)57(55-38-44-17-7-8-22-48(44)50-23-9-10-24-51(50)55)46-35-33-42(34-36-46)49-26-14-28-54-56(49)52-25-11-12-27-53(52)58(54)45-19-5-2-6-20-45/h1-38H. The minimum absolute atomic E-state index is 1.10. The highest BCUT2D eigenvalue weighted by Crippen LogP contribution is 2.44. The first-order valence-electron chi connectivity index (χ1n) is 19.9. The lowest BCUT2D eigenvalue weighted by Crippen LogP contribution is -2.10. The molecule has 11 rings (SSSR count). The van der Waals surface area contributed by atoms with E-state index in [9.17, 15) is 0 Å². The van der Waals surface area contributed by atoms with Crippen LogP contribution < -0.4 is 4.90 Å². The van der Waals surface area contributed by atoms with Gasteiger partial charge < -0.3 is 9.47 Å². The third-order valence-electron chi connectivity index (χ3n) is 11.6. The molecule has 1 heterocycles. The molecule has 0 aliphatic heterocycles. The SMILES string of the molecule is c1ccc(-c2ccc(-c3cccc(N(c4ccc(-c5cccc6c5c5ccccc5n6-c5ccccc5)cc4)c4cc5ccccc5c5ccccc45)c3)cc2)cc1. The third kappa shape index (κ3) is 5.74. The van der Waals surface area contributed by atoms with E-state index in [-0.39, 0.29) is 0 Å². The molecule has 0 amide bonds. The van der Waals surface area contributed by atoms with Crippen LogP contribution in [-0.4, -0.2) is 4.57 Å². The Bertz CT molecular complexity index is 3250. The second-order valence-corrected chi connectivity index (χ2v) is 14.9. The molecule has 0 bridgehead atoms. The summed E-state index contributed by atoms with van der Waals surface area (Å²) < 4.78 is 2.39. The van der Waals surface area contributed by atoms with Crippen LogP contribution in [-0.2, 0) is 0 Å². The van der Waals surface area contributed by atoms with Crippen LogP contribution in [0.2, 0.25) is 0 Å². The van der Waals surface area contributed by atoms with Gasteiger partial charge in [0.05, 0.1) is 16.7 Å². The second-order valence-electron chi connectivity index (χ2n) is 14.9. The fourth-order valence-electron chi connectivity index (χ4n) is 8.86. The molecular formula is C56H38N2. The Hall–Kier alpha value is -7.68. The number of aromatic nitrogens is 1. The molecule has 0 N–H and O–H groups in total. The molecule has 2 heteroatoms. The van der Waals surface area contributed by atoms with Gasteiger partial charge in [0, 0.05) is 33.2 Å². The molecule has 0 fully saturated rings. The molecule has 1 aromatic heterocycles. The van der Waals surface area contributed by atoms with Gasteiger partial charge in [-0.1, -0.05) is 176 Å². The predicted octanol–water partition coefficient (Wildman–Crippen LogP) is 15.6. The van der Waals surface area contributed by atoms with Crippen LogP contribution in [0.4, 0.5) is 17.1 Å². The smallest absolute Gasteiger partial charge is 0.0547 e. The van der Waals surface area contributed by atoms with Crippen molar-refractivity contribution in [3.8, 4) is 39.1 Å². The average molecular weight is 739 g/mol. The average Bonchev–Trinajstić information content (AvgIpc) is 3.65. The van der Waals surface area contributed by atoms with Crippen molar-refractivity contribution >= 4 is 60.4 Å². The van der Waals surface area contributed by atoms with E-state index in [1.54, 1.807) is 0 Å². The highest BCUT2D eigenvalue weighted by molar-refractivity contribution is 6.16. The van der Waals surface area contributed by atoms with E-state index in [0.29, 0.717) is 0 Å². The molecule has 11 aromatic rings. The molecular weight excluding hydrogens is 701 g/mol. The molecule has 0 aliphatic rings. The molecule has 2 nitrogen and oxygen atoms in total. The topological polar surface area (TPSA) is 8.17 Å².